The molecule has 2 amide bonds. The highest BCUT2D eigenvalue weighted by molar-refractivity contribution is 6.04. The molecule has 0 aromatic heterocycles. The number of nitrogens with zero attached hydrogens (tertiary/aromatic N) is 2. The molecule has 5 nitrogen and oxygen atoms in total. The summed E-state index contributed by atoms with van der Waals surface area (Å²) in [7, 11) is 0. The number of carbonyl (C=O) groups excluding carboxylic acids is 2. The van der Waals surface area contributed by atoms with Crippen LogP contribution >= 0.6 is 0 Å². The average Bonchev–Trinajstić information content (AvgIpc) is 3.20. The zero-order valence-electron chi connectivity index (χ0n) is 19.0. The monoisotopic (exact) mass is 457 g/mol. The highest BCUT2D eigenvalue weighted by atomic mass is 16.2. The number of nitriles is 1. The molecule has 5 rings (SSSR count). The summed E-state index contributed by atoms with van der Waals surface area (Å²) < 4.78 is 0. The van der Waals surface area contributed by atoms with Crippen LogP contribution in [0.15, 0.2) is 103 Å². The minimum Gasteiger partial charge on any atom is -0.350 e. The Balaban J connectivity index is 1.36. The standard InChI is InChI=1S/C30H23N3O2/c31-18-21-10-12-22(13-11-21)19-32-29(34)28-26-8-4-5-9-27(26)30(35)33(28)20-23-14-16-25(17-15-23)24-6-2-1-3-7-24/h1-17,28H,19-20H2,(H,32,34). The van der Waals surface area contributed by atoms with E-state index in [0.717, 1.165) is 27.8 Å². The van der Waals surface area contributed by atoms with Gasteiger partial charge in [0.25, 0.3) is 5.91 Å². The fourth-order valence-corrected chi connectivity index (χ4v) is 4.43. The van der Waals surface area contributed by atoms with Crippen LogP contribution in [0.1, 0.15) is 38.7 Å². The highest BCUT2D eigenvalue weighted by Gasteiger charge is 2.40. The molecule has 0 saturated carbocycles. The molecule has 0 bridgehead atoms. The van der Waals surface area contributed by atoms with E-state index in [9.17, 15) is 9.59 Å². The Hall–Kier alpha value is -4.69. The third kappa shape index (κ3) is 4.55. The zero-order valence-corrected chi connectivity index (χ0v) is 19.0. The van der Waals surface area contributed by atoms with Crippen LogP contribution in [-0.4, -0.2) is 16.7 Å². The van der Waals surface area contributed by atoms with Crippen molar-refractivity contribution in [3.05, 3.63) is 131 Å². The summed E-state index contributed by atoms with van der Waals surface area (Å²) in [4.78, 5) is 28.2. The minimum absolute atomic E-state index is 0.147. The van der Waals surface area contributed by atoms with Crippen molar-refractivity contribution in [2.75, 3.05) is 0 Å². The Kier molecular flexibility index (Phi) is 6.11. The van der Waals surface area contributed by atoms with Crippen LogP contribution in [0.5, 0.6) is 0 Å². The molecule has 1 heterocycles. The number of nitrogens with one attached hydrogen (secondary N) is 1. The molecule has 1 unspecified atom stereocenters. The molecule has 1 atom stereocenters. The summed E-state index contributed by atoms with van der Waals surface area (Å²) in [5.41, 5.74) is 5.92. The van der Waals surface area contributed by atoms with Gasteiger partial charge in [-0.05, 0) is 46.0 Å². The molecule has 0 saturated heterocycles. The van der Waals surface area contributed by atoms with Crippen molar-refractivity contribution >= 4 is 11.8 Å². The number of fused-ring (bicyclic) bond motifs is 1. The van der Waals surface area contributed by atoms with Gasteiger partial charge in [-0.2, -0.15) is 5.26 Å². The average molecular weight is 458 g/mol. The van der Waals surface area contributed by atoms with Crippen molar-refractivity contribution < 1.29 is 9.59 Å². The van der Waals surface area contributed by atoms with Gasteiger partial charge in [-0.15, -0.1) is 0 Å². The van der Waals surface area contributed by atoms with Gasteiger partial charge in [0.15, 0.2) is 0 Å². The van der Waals surface area contributed by atoms with Crippen LogP contribution < -0.4 is 5.32 Å². The van der Waals surface area contributed by atoms with Crippen molar-refractivity contribution in [1.82, 2.24) is 10.2 Å². The second kappa shape index (κ2) is 9.66. The van der Waals surface area contributed by atoms with Gasteiger partial charge in [0.1, 0.15) is 6.04 Å². The minimum atomic E-state index is -0.703. The highest BCUT2D eigenvalue weighted by Crippen LogP contribution is 2.35. The fraction of sp³-hybridized carbons (Fsp3) is 0.100. The van der Waals surface area contributed by atoms with E-state index >= 15 is 0 Å². The second-order valence-electron chi connectivity index (χ2n) is 8.51. The van der Waals surface area contributed by atoms with Crippen LogP contribution in [0.4, 0.5) is 0 Å². The maximum absolute atomic E-state index is 13.3. The number of amides is 2. The van der Waals surface area contributed by atoms with Gasteiger partial charge in [0.2, 0.25) is 5.91 Å². The maximum Gasteiger partial charge on any atom is 0.255 e. The summed E-state index contributed by atoms with van der Waals surface area (Å²) in [6.45, 7) is 0.647. The molecule has 35 heavy (non-hydrogen) atoms. The van der Waals surface area contributed by atoms with Gasteiger partial charge in [0, 0.05) is 18.7 Å². The number of benzene rings is 4. The number of rotatable bonds is 6. The van der Waals surface area contributed by atoms with Gasteiger partial charge in [-0.3, -0.25) is 9.59 Å². The first-order chi connectivity index (χ1) is 17.1. The third-order valence-electron chi connectivity index (χ3n) is 6.27. The van der Waals surface area contributed by atoms with E-state index in [1.807, 2.05) is 72.8 Å². The molecule has 0 fully saturated rings. The first kappa shape index (κ1) is 22.1. The Bertz CT molecular complexity index is 1400. The zero-order chi connectivity index (χ0) is 24.2. The molecule has 1 aliphatic heterocycles. The molecular weight excluding hydrogens is 434 g/mol. The Morgan fingerprint density at radius 3 is 2.14 bits per heavy atom. The molecule has 5 heteroatoms. The summed E-state index contributed by atoms with van der Waals surface area (Å²) >= 11 is 0. The van der Waals surface area contributed by atoms with Crippen molar-refractivity contribution in [3.8, 4) is 17.2 Å². The summed E-state index contributed by atoms with van der Waals surface area (Å²) in [6, 6.07) is 34.0. The Morgan fingerprint density at radius 1 is 0.800 bits per heavy atom. The molecule has 1 N–H and O–H groups in total. The lowest BCUT2D eigenvalue weighted by Gasteiger charge is -2.25. The molecule has 0 spiro atoms. The Morgan fingerprint density at radius 2 is 1.43 bits per heavy atom. The Labute approximate surface area is 204 Å². The smallest absolute Gasteiger partial charge is 0.255 e. The van der Waals surface area contributed by atoms with Crippen LogP contribution in [0.25, 0.3) is 11.1 Å². The summed E-state index contributed by atoms with van der Waals surface area (Å²) in [6.07, 6.45) is 0. The van der Waals surface area contributed by atoms with Crippen molar-refractivity contribution in [1.29, 1.82) is 5.26 Å². The van der Waals surface area contributed by atoms with Crippen LogP contribution in [0.2, 0.25) is 0 Å². The van der Waals surface area contributed by atoms with Crippen LogP contribution in [0.3, 0.4) is 0 Å². The molecule has 0 aliphatic carbocycles. The first-order valence-electron chi connectivity index (χ1n) is 11.4. The molecular formula is C30H23N3O2. The van der Waals surface area contributed by atoms with E-state index < -0.39 is 6.04 Å². The third-order valence-corrected chi connectivity index (χ3v) is 6.27. The van der Waals surface area contributed by atoms with Gasteiger partial charge in [0.05, 0.1) is 11.6 Å². The van der Waals surface area contributed by atoms with E-state index in [4.69, 9.17) is 5.26 Å². The quantitative estimate of drug-likeness (QED) is 0.430. The topological polar surface area (TPSA) is 73.2 Å². The lowest BCUT2D eigenvalue weighted by molar-refractivity contribution is -0.125. The van der Waals surface area contributed by atoms with Crippen LogP contribution in [0, 0.1) is 11.3 Å². The fourth-order valence-electron chi connectivity index (χ4n) is 4.43. The maximum atomic E-state index is 13.3. The summed E-state index contributed by atoms with van der Waals surface area (Å²) in [5, 5.41) is 11.9. The lowest BCUT2D eigenvalue weighted by atomic mass is 10.0. The lowest BCUT2D eigenvalue weighted by Crippen LogP contribution is -2.38. The number of carbonyl (C=O) groups is 2. The van der Waals surface area contributed by atoms with Crippen molar-refractivity contribution in [3.63, 3.8) is 0 Å². The predicted octanol–water partition coefficient (Wildman–Crippen LogP) is 5.24. The van der Waals surface area contributed by atoms with E-state index in [0.29, 0.717) is 24.2 Å². The van der Waals surface area contributed by atoms with E-state index in [1.54, 1.807) is 23.1 Å². The second-order valence-corrected chi connectivity index (χ2v) is 8.51. The predicted molar refractivity (Wildman–Crippen MR) is 134 cm³/mol. The van der Waals surface area contributed by atoms with Gasteiger partial charge >= 0.3 is 0 Å². The molecule has 4 aromatic carbocycles. The number of hydrogen-bond acceptors (Lipinski definition) is 3. The van der Waals surface area contributed by atoms with E-state index in [2.05, 4.69) is 23.5 Å². The van der Waals surface area contributed by atoms with E-state index in [-0.39, 0.29) is 11.8 Å². The SMILES string of the molecule is N#Cc1ccc(CNC(=O)C2c3ccccc3C(=O)N2Cc2ccc(-c3ccccc3)cc2)cc1. The van der Waals surface area contributed by atoms with Crippen molar-refractivity contribution in [2.24, 2.45) is 0 Å². The summed E-state index contributed by atoms with van der Waals surface area (Å²) in [5.74, 6) is -0.375. The molecule has 4 aromatic rings. The van der Waals surface area contributed by atoms with E-state index in [1.165, 1.54) is 0 Å². The molecule has 0 radical (unpaired) electrons. The van der Waals surface area contributed by atoms with Gasteiger partial charge < -0.3 is 10.2 Å². The van der Waals surface area contributed by atoms with Crippen LogP contribution in [-0.2, 0) is 17.9 Å². The normalized spacial score (nSPS) is 14.3. The van der Waals surface area contributed by atoms with Gasteiger partial charge in [-0.25, -0.2) is 0 Å². The molecule has 170 valence electrons. The molecule has 1 aliphatic rings. The van der Waals surface area contributed by atoms with Gasteiger partial charge in [-0.1, -0.05) is 84.9 Å². The number of hydrogen-bond donors (Lipinski definition) is 1. The first-order valence-corrected chi connectivity index (χ1v) is 11.4. The largest absolute Gasteiger partial charge is 0.350 e. The van der Waals surface area contributed by atoms with Crippen molar-refractivity contribution in [2.45, 2.75) is 19.1 Å².